The number of hydrogen-bond acceptors (Lipinski definition) is 3. The lowest BCUT2D eigenvalue weighted by Gasteiger charge is -2.32. The number of hydrogen-bond donors (Lipinski definition) is 0. The summed E-state index contributed by atoms with van der Waals surface area (Å²) in [6, 6.07) is 0. The molecule has 0 aromatic rings. The van der Waals surface area contributed by atoms with Crippen LogP contribution in [0, 0.1) is 0 Å². The average Bonchev–Trinajstić information content (AvgIpc) is 2.43. The molecular weight excluding hydrogens is 213 g/mol. The molecule has 0 saturated carbocycles. The van der Waals surface area contributed by atoms with Gasteiger partial charge < -0.3 is 14.2 Å². The van der Waals surface area contributed by atoms with Crippen LogP contribution in [-0.4, -0.2) is 36.8 Å². The fourth-order valence-corrected chi connectivity index (χ4v) is 1.65. The SMILES string of the molecule is C=C/C=C(/B1OC(C)(C)C(C)(C)O1)N(C)CC. The molecule has 1 aliphatic rings. The van der Waals surface area contributed by atoms with E-state index in [9.17, 15) is 0 Å². The monoisotopic (exact) mass is 237 g/mol. The van der Waals surface area contributed by atoms with Gasteiger partial charge in [0.2, 0.25) is 0 Å². The summed E-state index contributed by atoms with van der Waals surface area (Å²) in [5, 5.41) is 0. The summed E-state index contributed by atoms with van der Waals surface area (Å²) in [5.74, 6) is 0. The highest BCUT2D eigenvalue weighted by atomic mass is 16.7. The fourth-order valence-electron chi connectivity index (χ4n) is 1.65. The highest BCUT2D eigenvalue weighted by Crippen LogP contribution is 2.38. The fraction of sp³-hybridized carbons (Fsp3) is 0.692. The molecular formula is C13H24BNO2. The Balaban J connectivity index is 2.95. The lowest BCUT2D eigenvalue weighted by molar-refractivity contribution is 0.00578. The number of rotatable bonds is 4. The molecule has 3 nitrogen and oxygen atoms in total. The van der Waals surface area contributed by atoms with Crippen LogP contribution in [0.5, 0.6) is 0 Å². The zero-order valence-corrected chi connectivity index (χ0v) is 11.9. The standard InChI is InChI=1S/C13H24BNO2/c1-8-10-11(15(7)9-2)14-16-12(3,4)13(5,6)17-14/h8,10H,1,9H2,2-7H3/b11-10-. The summed E-state index contributed by atoms with van der Waals surface area (Å²) in [5.41, 5.74) is 0.417. The number of nitrogens with zero attached hydrogens (tertiary/aromatic N) is 1. The lowest BCUT2D eigenvalue weighted by Crippen LogP contribution is -2.41. The first-order valence-electron chi connectivity index (χ1n) is 6.14. The van der Waals surface area contributed by atoms with E-state index in [0.717, 1.165) is 12.1 Å². The molecule has 1 aliphatic heterocycles. The highest BCUT2D eigenvalue weighted by Gasteiger charge is 2.52. The van der Waals surface area contributed by atoms with Crippen LogP contribution in [0.15, 0.2) is 24.3 Å². The van der Waals surface area contributed by atoms with E-state index in [1.165, 1.54) is 0 Å². The molecule has 0 unspecified atom stereocenters. The van der Waals surface area contributed by atoms with Gasteiger partial charge in [-0.1, -0.05) is 12.7 Å². The molecule has 4 heteroatoms. The summed E-state index contributed by atoms with van der Waals surface area (Å²) in [6.07, 6.45) is 3.72. The van der Waals surface area contributed by atoms with Crippen molar-refractivity contribution in [2.24, 2.45) is 0 Å². The van der Waals surface area contributed by atoms with Crippen molar-refractivity contribution in [3.05, 3.63) is 24.3 Å². The molecule has 0 N–H and O–H groups in total. The van der Waals surface area contributed by atoms with E-state index < -0.39 is 0 Å². The largest absolute Gasteiger partial charge is 0.511 e. The first kappa shape index (κ1) is 14.3. The Morgan fingerprint density at radius 1 is 1.24 bits per heavy atom. The van der Waals surface area contributed by atoms with E-state index in [2.05, 4.69) is 46.1 Å². The molecule has 0 aromatic heterocycles. The van der Waals surface area contributed by atoms with Gasteiger partial charge in [0.1, 0.15) is 0 Å². The minimum atomic E-state index is -0.317. The lowest BCUT2D eigenvalue weighted by atomic mass is 9.83. The molecule has 17 heavy (non-hydrogen) atoms. The smallest absolute Gasteiger partial charge is 0.398 e. The third-order valence-corrected chi connectivity index (χ3v) is 3.70. The van der Waals surface area contributed by atoms with Crippen LogP contribution in [0.2, 0.25) is 0 Å². The van der Waals surface area contributed by atoms with Gasteiger partial charge in [-0.05, 0) is 40.7 Å². The second-order valence-corrected chi connectivity index (χ2v) is 5.43. The molecule has 0 aliphatic carbocycles. The first-order valence-corrected chi connectivity index (χ1v) is 6.14. The molecule has 96 valence electrons. The Hall–Kier alpha value is -0.735. The van der Waals surface area contributed by atoms with Crippen molar-refractivity contribution in [1.82, 2.24) is 4.90 Å². The summed E-state index contributed by atoms with van der Waals surface area (Å²) < 4.78 is 12.0. The summed E-state index contributed by atoms with van der Waals surface area (Å²) >= 11 is 0. The van der Waals surface area contributed by atoms with Crippen LogP contribution in [-0.2, 0) is 9.31 Å². The van der Waals surface area contributed by atoms with Crippen LogP contribution in [0.3, 0.4) is 0 Å². The van der Waals surface area contributed by atoms with Crippen molar-refractivity contribution in [1.29, 1.82) is 0 Å². The van der Waals surface area contributed by atoms with Crippen molar-refractivity contribution in [2.75, 3.05) is 13.6 Å². The van der Waals surface area contributed by atoms with Gasteiger partial charge >= 0.3 is 7.12 Å². The molecule has 1 fully saturated rings. The molecule has 1 rings (SSSR count). The highest BCUT2D eigenvalue weighted by molar-refractivity contribution is 6.54. The molecule has 0 atom stereocenters. The Bertz CT molecular complexity index is 307. The first-order chi connectivity index (χ1) is 7.75. The van der Waals surface area contributed by atoms with E-state index in [1.54, 1.807) is 6.08 Å². The van der Waals surface area contributed by atoms with Gasteiger partial charge in [0.25, 0.3) is 0 Å². The van der Waals surface area contributed by atoms with Crippen LogP contribution in [0.25, 0.3) is 0 Å². The van der Waals surface area contributed by atoms with Crippen LogP contribution in [0.1, 0.15) is 34.6 Å². The molecule has 0 radical (unpaired) electrons. The van der Waals surface area contributed by atoms with E-state index in [4.69, 9.17) is 9.31 Å². The molecule has 0 spiro atoms. The van der Waals surface area contributed by atoms with Crippen molar-refractivity contribution in [2.45, 2.75) is 45.8 Å². The Kier molecular flexibility index (Phi) is 4.10. The maximum Gasteiger partial charge on any atom is 0.511 e. The Morgan fingerprint density at radius 2 is 1.71 bits per heavy atom. The zero-order valence-electron chi connectivity index (χ0n) is 11.9. The van der Waals surface area contributed by atoms with Gasteiger partial charge in [0.15, 0.2) is 0 Å². The van der Waals surface area contributed by atoms with Crippen molar-refractivity contribution in [3.8, 4) is 0 Å². The normalized spacial score (nSPS) is 22.7. The van der Waals surface area contributed by atoms with Gasteiger partial charge in [0.05, 0.1) is 11.2 Å². The van der Waals surface area contributed by atoms with E-state index in [-0.39, 0.29) is 18.3 Å². The third-order valence-electron chi connectivity index (χ3n) is 3.70. The Labute approximate surface area is 106 Å². The summed E-state index contributed by atoms with van der Waals surface area (Å²) in [6.45, 7) is 15.0. The maximum absolute atomic E-state index is 6.02. The van der Waals surface area contributed by atoms with Gasteiger partial charge in [-0.2, -0.15) is 0 Å². The van der Waals surface area contributed by atoms with Crippen molar-refractivity contribution >= 4 is 7.12 Å². The van der Waals surface area contributed by atoms with E-state index in [0.29, 0.717) is 0 Å². The Morgan fingerprint density at radius 3 is 2.06 bits per heavy atom. The summed E-state index contributed by atoms with van der Waals surface area (Å²) in [7, 11) is 1.71. The van der Waals surface area contributed by atoms with Gasteiger partial charge in [-0.25, -0.2) is 0 Å². The van der Waals surface area contributed by atoms with E-state index in [1.807, 2.05) is 13.1 Å². The second-order valence-electron chi connectivity index (χ2n) is 5.43. The molecule has 1 saturated heterocycles. The number of allylic oxidation sites excluding steroid dienone is 2. The predicted molar refractivity (Wildman–Crippen MR) is 72.7 cm³/mol. The average molecular weight is 237 g/mol. The molecule has 0 amide bonds. The van der Waals surface area contributed by atoms with Crippen LogP contribution < -0.4 is 0 Å². The van der Waals surface area contributed by atoms with Gasteiger partial charge in [0, 0.05) is 19.2 Å². The minimum absolute atomic E-state index is 0.299. The van der Waals surface area contributed by atoms with Crippen LogP contribution in [0.4, 0.5) is 0 Å². The van der Waals surface area contributed by atoms with E-state index >= 15 is 0 Å². The van der Waals surface area contributed by atoms with Crippen LogP contribution >= 0.6 is 0 Å². The van der Waals surface area contributed by atoms with Crippen molar-refractivity contribution < 1.29 is 9.31 Å². The zero-order chi connectivity index (χ0) is 13.3. The third kappa shape index (κ3) is 2.75. The van der Waals surface area contributed by atoms with Gasteiger partial charge in [-0.15, -0.1) is 0 Å². The van der Waals surface area contributed by atoms with Gasteiger partial charge in [-0.3, -0.25) is 0 Å². The quantitative estimate of drug-likeness (QED) is 0.554. The van der Waals surface area contributed by atoms with Crippen molar-refractivity contribution in [3.63, 3.8) is 0 Å². The second kappa shape index (κ2) is 4.87. The molecule has 0 aromatic carbocycles. The maximum atomic E-state index is 6.02. The predicted octanol–water partition coefficient (Wildman–Crippen LogP) is 2.64. The topological polar surface area (TPSA) is 21.7 Å². The molecule has 1 heterocycles. The summed E-state index contributed by atoms with van der Waals surface area (Å²) in [4.78, 5) is 2.11. The molecule has 0 bridgehead atoms. The minimum Gasteiger partial charge on any atom is -0.398 e.